The van der Waals surface area contributed by atoms with Gasteiger partial charge in [-0.2, -0.15) is 0 Å². The number of methoxy groups -OCH3 is 2. The second-order valence-electron chi connectivity index (χ2n) is 4.64. The Kier molecular flexibility index (Phi) is 7.48. The first-order valence-electron chi connectivity index (χ1n) is 6.71. The summed E-state index contributed by atoms with van der Waals surface area (Å²) in [6, 6.07) is 8.02. The average molecular weight is 267 g/mol. The number of hydrogen-bond acceptors (Lipinski definition) is 4. The molecule has 0 spiro atoms. The Bertz CT molecular complexity index is 340. The zero-order valence-corrected chi connectivity index (χ0v) is 12.1. The molecule has 0 aromatic heterocycles. The van der Waals surface area contributed by atoms with Crippen molar-refractivity contribution < 1.29 is 14.6 Å². The van der Waals surface area contributed by atoms with Crippen molar-refractivity contribution in [3.8, 4) is 5.75 Å². The van der Waals surface area contributed by atoms with Gasteiger partial charge in [-0.15, -0.1) is 0 Å². The van der Waals surface area contributed by atoms with Crippen LogP contribution in [0.15, 0.2) is 24.3 Å². The summed E-state index contributed by atoms with van der Waals surface area (Å²) >= 11 is 0. The van der Waals surface area contributed by atoms with E-state index in [1.165, 1.54) is 5.56 Å². The highest BCUT2D eigenvalue weighted by molar-refractivity contribution is 5.27. The van der Waals surface area contributed by atoms with Gasteiger partial charge in [0.05, 0.1) is 19.8 Å². The van der Waals surface area contributed by atoms with Gasteiger partial charge in [0.25, 0.3) is 0 Å². The van der Waals surface area contributed by atoms with Crippen molar-refractivity contribution in [3.05, 3.63) is 29.8 Å². The van der Waals surface area contributed by atoms with Crippen LogP contribution in [-0.2, 0) is 11.3 Å². The molecule has 4 nitrogen and oxygen atoms in total. The number of ether oxygens (including phenoxy) is 2. The van der Waals surface area contributed by atoms with Gasteiger partial charge in [0.15, 0.2) is 0 Å². The molecule has 4 heteroatoms. The lowest BCUT2D eigenvalue weighted by Crippen LogP contribution is -2.34. The third-order valence-corrected chi connectivity index (χ3v) is 3.12. The van der Waals surface area contributed by atoms with Crippen molar-refractivity contribution in [2.24, 2.45) is 0 Å². The first-order chi connectivity index (χ1) is 9.19. The van der Waals surface area contributed by atoms with Gasteiger partial charge < -0.3 is 14.6 Å². The maximum atomic E-state index is 9.79. The fourth-order valence-electron chi connectivity index (χ4n) is 1.87. The molecule has 1 atom stereocenters. The predicted molar refractivity (Wildman–Crippen MR) is 76.4 cm³/mol. The van der Waals surface area contributed by atoms with E-state index in [1.807, 2.05) is 19.1 Å². The molecule has 0 heterocycles. The maximum Gasteiger partial charge on any atom is 0.118 e. The van der Waals surface area contributed by atoms with E-state index in [4.69, 9.17) is 9.47 Å². The van der Waals surface area contributed by atoms with Crippen LogP contribution in [0.25, 0.3) is 0 Å². The fourth-order valence-corrected chi connectivity index (χ4v) is 1.87. The second-order valence-corrected chi connectivity index (χ2v) is 4.64. The molecular formula is C15H25NO3. The summed E-state index contributed by atoms with van der Waals surface area (Å²) in [5.41, 5.74) is 1.21. The molecule has 1 aromatic carbocycles. The van der Waals surface area contributed by atoms with E-state index in [1.54, 1.807) is 14.2 Å². The Hall–Kier alpha value is -1.10. The molecule has 1 aromatic rings. The third kappa shape index (κ3) is 6.05. The molecule has 0 aliphatic rings. The van der Waals surface area contributed by atoms with Crippen molar-refractivity contribution in [3.63, 3.8) is 0 Å². The Morgan fingerprint density at radius 3 is 2.42 bits per heavy atom. The number of benzene rings is 1. The zero-order chi connectivity index (χ0) is 14.1. The van der Waals surface area contributed by atoms with E-state index in [0.717, 1.165) is 25.3 Å². The highest BCUT2D eigenvalue weighted by Gasteiger charge is 2.10. The molecule has 0 saturated heterocycles. The summed E-state index contributed by atoms with van der Waals surface area (Å²) in [4.78, 5) is 2.21. The number of aliphatic hydroxyl groups excluding tert-OH is 1. The van der Waals surface area contributed by atoms with Crippen LogP contribution in [0.4, 0.5) is 0 Å². The van der Waals surface area contributed by atoms with Gasteiger partial charge in [0.2, 0.25) is 0 Å². The minimum absolute atomic E-state index is 0.282. The molecular weight excluding hydrogens is 242 g/mol. The summed E-state index contributed by atoms with van der Waals surface area (Å²) in [5.74, 6) is 0.862. The molecule has 0 aliphatic carbocycles. The SMILES string of the molecule is CCC(O)CN(CCOC)Cc1ccc(OC)cc1. The van der Waals surface area contributed by atoms with Crippen LogP contribution in [0, 0.1) is 0 Å². The van der Waals surface area contributed by atoms with E-state index < -0.39 is 0 Å². The first-order valence-corrected chi connectivity index (χ1v) is 6.71. The van der Waals surface area contributed by atoms with Gasteiger partial charge >= 0.3 is 0 Å². The Balaban J connectivity index is 2.58. The largest absolute Gasteiger partial charge is 0.497 e. The van der Waals surface area contributed by atoms with Crippen LogP contribution >= 0.6 is 0 Å². The minimum atomic E-state index is -0.282. The smallest absolute Gasteiger partial charge is 0.118 e. The summed E-state index contributed by atoms with van der Waals surface area (Å²) in [5, 5.41) is 9.79. The van der Waals surface area contributed by atoms with Crippen LogP contribution in [0.1, 0.15) is 18.9 Å². The molecule has 0 amide bonds. The van der Waals surface area contributed by atoms with Crippen molar-refractivity contribution in [2.45, 2.75) is 26.0 Å². The highest BCUT2D eigenvalue weighted by Crippen LogP contribution is 2.13. The maximum absolute atomic E-state index is 9.79. The summed E-state index contributed by atoms with van der Waals surface area (Å²) in [7, 11) is 3.36. The van der Waals surface area contributed by atoms with Crippen molar-refractivity contribution >= 4 is 0 Å². The molecule has 108 valence electrons. The molecule has 1 unspecified atom stereocenters. The predicted octanol–water partition coefficient (Wildman–Crippen LogP) is 1.91. The second kappa shape index (κ2) is 8.91. The summed E-state index contributed by atoms with van der Waals surface area (Å²) in [6.45, 7) is 4.97. The van der Waals surface area contributed by atoms with Crippen LogP contribution in [0.5, 0.6) is 5.75 Å². The number of hydrogen-bond donors (Lipinski definition) is 1. The lowest BCUT2D eigenvalue weighted by Gasteiger charge is -2.24. The molecule has 0 saturated carbocycles. The zero-order valence-electron chi connectivity index (χ0n) is 12.1. The quantitative estimate of drug-likeness (QED) is 0.742. The van der Waals surface area contributed by atoms with E-state index in [0.29, 0.717) is 13.2 Å². The number of rotatable bonds is 9. The highest BCUT2D eigenvalue weighted by atomic mass is 16.5. The average Bonchev–Trinajstić information content (AvgIpc) is 2.45. The van der Waals surface area contributed by atoms with Crippen molar-refractivity contribution in [1.82, 2.24) is 4.90 Å². The molecule has 1 rings (SSSR count). The number of nitrogens with zero attached hydrogens (tertiary/aromatic N) is 1. The Morgan fingerprint density at radius 2 is 1.89 bits per heavy atom. The van der Waals surface area contributed by atoms with Gasteiger partial charge in [-0.25, -0.2) is 0 Å². The normalized spacial score (nSPS) is 12.7. The number of aliphatic hydroxyl groups is 1. The minimum Gasteiger partial charge on any atom is -0.497 e. The van der Waals surface area contributed by atoms with Gasteiger partial charge in [-0.3, -0.25) is 4.90 Å². The van der Waals surface area contributed by atoms with Crippen molar-refractivity contribution in [1.29, 1.82) is 0 Å². The van der Waals surface area contributed by atoms with Gasteiger partial charge in [0, 0.05) is 26.7 Å². The van der Waals surface area contributed by atoms with E-state index in [2.05, 4.69) is 17.0 Å². The topological polar surface area (TPSA) is 41.9 Å². The molecule has 0 radical (unpaired) electrons. The van der Waals surface area contributed by atoms with E-state index >= 15 is 0 Å². The Labute approximate surface area is 115 Å². The van der Waals surface area contributed by atoms with Crippen molar-refractivity contribution in [2.75, 3.05) is 33.9 Å². The first kappa shape index (κ1) is 16.0. The van der Waals surface area contributed by atoms with Gasteiger partial charge in [-0.1, -0.05) is 19.1 Å². The molecule has 0 bridgehead atoms. The fraction of sp³-hybridized carbons (Fsp3) is 0.600. The molecule has 1 N–H and O–H groups in total. The third-order valence-electron chi connectivity index (χ3n) is 3.12. The molecule has 19 heavy (non-hydrogen) atoms. The molecule has 0 fully saturated rings. The van der Waals surface area contributed by atoms with Crippen LogP contribution in [0.2, 0.25) is 0 Å². The van der Waals surface area contributed by atoms with Gasteiger partial charge in [-0.05, 0) is 24.1 Å². The lowest BCUT2D eigenvalue weighted by atomic mass is 10.2. The van der Waals surface area contributed by atoms with Gasteiger partial charge in [0.1, 0.15) is 5.75 Å². The molecule has 0 aliphatic heterocycles. The Morgan fingerprint density at radius 1 is 1.21 bits per heavy atom. The summed E-state index contributed by atoms with van der Waals surface area (Å²) in [6.07, 6.45) is 0.488. The van der Waals surface area contributed by atoms with Crippen LogP contribution in [-0.4, -0.2) is 50.0 Å². The van der Waals surface area contributed by atoms with Crippen LogP contribution < -0.4 is 4.74 Å². The monoisotopic (exact) mass is 267 g/mol. The van der Waals surface area contributed by atoms with E-state index in [9.17, 15) is 5.11 Å². The van der Waals surface area contributed by atoms with Crippen LogP contribution in [0.3, 0.4) is 0 Å². The lowest BCUT2D eigenvalue weighted by molar-refractivity contribution is 0.0830. The van der Waals surface area contributed by atoms with E-state index in [-0.39, 0.29) is 6.10 Å². The standard InChI is InChI=1S/C15H25NO3/c1-4-14(17)12-16(9-10-18-2)11-13-5-7-15(19-3)8-6-13/h5-8,14,17H,4,9-12H2,1-3H3. The summed E-state index contributed by atoms with van der Waals surface area (Å²) < 4.78 is 10.3.